The fraction of sp³-hybridized carbons (Fsp3) is 0.667. The summed E-state index contributed by atoms with van der Waals surface area (Å²) in [6.07, 6.45) is 3.76. The summed E-state index contributed by atoms with van der Waals surface area (Å²) in [6.45, 7) is 14.8. The first-order chi connectivity index (χ1) is 12.6. The number of benzene rings is 1. The zero-order valence-corrected chi connectivity index (χ0v) is 16.6. The first-order valence-electron chi connectivity index (χ1n) is 10.2. The number of hydrogen-bond donors (Lipinski definition) is 1. The Morgan fingerprint density at radius 2 is 1.69 bits per heavy atom. The summed E-state index contributed by atoms with van der Waals surface area (Å²) in [5, 5.41) is 0. The monoisotopic (exact) mass is 360 g/mol. The number of carbonyl (C=O) groups is 1. The minimum atomic E-state index is -0.350. The van der Waals surface area contributed by atoms with Crippen LogP contribution in [0.5, 0.6) is 0 Å². The fourth-order valence-electron chi connectivity index (χ4n) is 3.74. The van der Waals surface area contributed by atoms with Gasteiger partial charge in [0.05, 0.1) is 0 Å². The van der Waals surface area contributed by atoms with E-state index in [0.29, 0.717) is 5.56 Å². The van der Waals surface area contributed by atoms with Gasteiger partial charge in [-0.05, 0) is 63.1 Å². The third-order valence-corrected chi connectivity index (χ3v) is 5.11. The third-order valence-electron chi connectivity index (χ3n) is 5.11. The van der Waals surface area contributed by atoms with Crippen LogP contribution in [-0.4, -0.2) is 73.0 Å². The maximum Gasteiger partial charge on any atom is 0.248 e. The van der Waals surface area contributed by atoms with Crippen molar-refractivity contribution in [2.45, 2.75) is 39.7 Å². The highest BCUT2D eigenvalue weighted by Gasteiger charge is 2.17. The number of piperazine rings is 1. The van der Waals surface area contributed by atoms with Gasteiger partial charge in [0.25, 0.3) is 0 Å². The van der Waals surface area contributed by atoms with Gasteiger partial charge in [-0.3, -0.25) is 9.69 Å². The first-order valence-corrected chi connectivity index (χ1v) is 10.2. The van der Waals surface area contributed by atoms with Crippen molar-refractivity contribution >= 4 is 5.91 Å². The van der Waals surface area contributed by atoms with Crippen LogP contribution in [0.15, 0.2) is 24.3 Å². The Morgan fingerprint density at radius 3 is 2.31 bits per heavy atom. The van der Waals surface area contributed by atoms with E-state index in [1.165, 1.54) is 51.0 Å². The highest BCUT2D eigenvalue weighted by atomic mass is 16.1. The van der Waals surface area contributed by atoms with Gasteiger partial charge in [-0.1, -0.05) is 26.0 Å². The van der Waals surface area contributed by atoms with Crippen molar-refractivity contribution in [3.63, 3.8) is 0 Å². The summed E-state index contributed by atoms with van der Waals surface area (Å²) in [6, 6.07) is 7.70. The average molecular weight is 361 g/mol. The van der Waals surface area contributed by atoms with E-state index in [2.05, 4.69) is 34.6 Å². The van der Waals surface area contributed by atoms with Crippen molar-refractivity contribution < 1.29 is 4.79 Å². The fourth-order valence-corrected chi connectivity index (χ4v) is 3.74. The molecule has 0 aliphatic carbocycles. The van der Waals surface area contributed by atoms with Crippen LogP contribution >= 0.6 is 0 Å². The second kappa shape index (κ2) is 11.3. The average Bonchev–Trinajstić information content (AvgIpc) is 2.64. The van der Waals surface area contributed by atoms with Crippen molar-refractivity contribution in [1.29, 1.82) is 0 Å². The summed E-state index contributed by atoms with van der Waals surface area (Å²) in [5.41, 5.74) is 7.15. The Labute approximate surface area is 159 Å². The smallest absolute Gasteiger partial charge is 0.248 e. The number of hydrogen-bond acceptors (Lipinski definition) is 4. The minimum Gasteiger partial charge on any atom is -0.366 e. The molecule has 2 rings (SSSR count). The Kier molecular flexibility index (Phi) is 9.09. The summed E-state index contributed by atoms with van der Waals surface area (Å²) in [7, 11) is 0. The van der Waals surface area contributed by atoms with Gasteiger partial charge in [-0.25, -0.2) is 0 Å². The molecule has 0 atom stereocenters. The van der Waals surface area contributed by atoms with E-state index in [9.17, 15) is 4.79 Å². The summed E-state index contributed by atoms with van der Waals surface area (Å²) >= 11 is 0. The van der Waals surface area contributed by atoms with Crippen LogP contribution < -0.4 is 5.73 Å². The SMILES string of the molecule is CCCN(CCC)CCCN1CCN(Cc2cccc(C(N)=O)c2)CC1. The van der Waals surface area contributed by atoms with Gasteiger partial charge in [-0.2, -0.15) is 0 Å². The van der Waals surface area contributed by atoms with Crippen LogP contribution in [0.25, 0.3) is 0 Å². The van der Waals surface area contributed by atoms with Gasteiger partial charge in [0.1, 0.15) is 0 Å². The van der Waals surface area contributed by atoms with E-state index >= 15 is 0 Å². The molecule has 1 fully saturated rings. The maximum absolute atomic E-state index is 11.3. The number of amides is 1. The van der Waals surface area contributed by atoms with E-state index in [1.54, 1.807) is 6.07 Å². The number of nitrogens with two attached hydrogens (primary N) is 1. The van der Waals surface area contributed by atoms with Gasteiger partial charge in [0.2, 0.25) is 5.91 Å². The molecule has 1 aromatic rings. The molecule has 1 saturated heterocycles. The van der Waals surface area contributed by atoms with Gasteiger partial charge < -0.3 is 15.5 Å². The van der Waals surface area contributed by atoms with Gasteiger partial charge in [0.15, 0.2) is 0 Å². The molecule has 1 aromatic carbocycles. The topological polar surface area (TPSA) is 52.8 Å². The van der Waals surface area contributed by atoms with Crippen LogP contribution in [0.3, 0.4) is 0 Å². The molecule has 0 saturated carbocycles. The molecule has 2 N–H and O–H groups in total. The molecule has 0 bridgehead atoms. The standard InChI is InChI=1S/C21H36N4O/c1-3-9-23(10-4-2)11-6-12-24-13-15-25(16-14-24)18-19-7-5-8-20(17-19)21(22)26/h5,7-8,17H,3-4,6,9-16,18H2,1-2H3,(H2,22,26). The van der Waals surface area contributed by atoms with E-state index < -0.39 is 0 Å². The second-order valence-electron chi connectivity index (χ2n) is 7.38. The summed E-state index contributed by atoms with van der Waals surface area (Å²) in [4.78, 5) is 19.0. The van der Waals surface area contributed by atoms with E-state index in [0.717, 1.165) is 32.7 Å². The molecule has 0 spiro atoms. The quantitative estimate of drug-likeness (QED) is 0.658. The van der Waals surface area contributed by atoms with Gasteiger partial charge in [0, 0.05) is 38.3 Å². The molecule has 1 aliphatic heterocycles. The largest absolute Gasteiger partial charge is 0.366 e. The summed E-state index contributed by atoms with van der Waals surface area (Å²) < 4.78 is 0. The lowest BCUT2D eigenvalue weighted by Crippen LogP contribution is -2.46. The third kappa shape index (κ3) is 7.06. The Hall–Kier alpha value is -1.43. The predicted molar refractivity (Wildman–Crippen MR) is 108 cm³/mol. The zero-order chi connectivity index (χ0) is 18.8. The molecular formula is C21H36N4O. The number of rotatable bonds is 11. The molecule has 0 radical (unpaired) electrons. The van der Waals surface area contributed by atoms with E-state index in [1.807, 2.05) is 12.1 Å². The van der Waals surface area contributed by atoms with Crippen molar-refractivity contribution in [2.75, 3.05) is 52.4 Å². The van der Waals surface area contributed by atoms with Gasteiger partial charge >= 0.3 is 0 Å². The van der Waals surface area contributed by atoms with Crippen LogP contribution in [0, 0.1) is 0 Å². The van der Waals surface area contributed by atoms with Crippen molar-refractivity contribution in [2.24, 2.45) is 5.73 Å². The second-order valence-corrected chi connectivity index (χ2v) is 7.38. The van der Waals surface area contributed by atoms with Gasteiger partial charge in [-0.15, -0.1) is 0 Å². The molecule has 0 unspecified atom stereocenters. The number of primary amides is 1. The lowest BCUT2D eigenvalue weighted by molar-refractivity contribution is 0.0999. The number of nitrogens with zero attached hydrogens (tertiary/aromatic N) is 3. The zero-order valence-electron chi connectivity index (χ0n) is 16.6. The van der Waals surface area contributed by atoms with Crippen molar-refractivity contribution in [3.8, 4) is 0 Å². The highest BCUT2D eigenvalue weighted by Crippen LogP contribution is 2.11. The maximum atomic E-state index is 11.3. The van der Waals surface area contributed by atoms with Crippen LogP contribution in [-0.2, 0) is 6.54 Å². The normalized spacial score (nSPS) is 16.3. The lowest BCUT2D eigenvalue weighted by Gasteiger charge is -2.35. The molecule has 1 aliphatic rings. The van der Waals surface area contributed by atoms with Crippen LogP contribution in [0.2, 0.25) is 0 Å². The Morgan fingerprint density at radius 1 is 1.04 bits per heavy atom. The van der Waals surface area contributed by atoms with Crippen LogP contribution in [0.1, 0.15) is 49.0 Å². The van der Waals surface area contributed by atoms with Crippen molar-refractivity contribution in [1.82, 2.24) is 14.7 Å². The molecule has 1 amide bonds. The van der Waals surface area contributed by atoms with E-state index in [-0.39, 0.29) is 5.91 Å². The van der Waals surface area contributed by atoms with Crippen LogP contribution in [0.4, 0.5) is 0 Å². The minimum absolute atomic E-state index is 0.350. The lowest BCUT2D eigenvalue weighted by atomic mass is 10.1. The first kappa shape index (κ1) is 20.9. The van der Waals surface area contributed by atoms with Crippen molar-refractivity contribution in [3.05, 3.63) is 35.4 Å². The predicted octanol–water partition coefficient (Wildman–Crippen LogP) is 2.42. The summed E-state index contributed by atoms with van der Waals surface area (Å²) in [5.74, 6) is -0.350. The molecule has 5 nitrogen and oxygen atoms in total. The Balaban J connectivity index is 1.68. The van der Waals surface area contributed by atoms with E-state index in [4.69, 9.17) is 5.73 Å². The number of carbonyl (C=O) groups excluding carboxylic acids is 1. The molecule has 146 valence electrons. The molecule has 26 heavy (non-hydrogen) atoms. The Bertz CT molecular complexity index is 535. The highest BCUT2D eigenvalue weighted by molar-refractivity contribution is 5.92. The molecule has 0 aromatic heterocycles. The molecular weight excluding hydrogens is 324 g/mol. The molecule has 5 heteroatoms. The molecule has 1 heterocycles.